The van der Waals surface area contributed by atoms with Crippen LogP contribution in [0.2, 0.25) is 0 Å². The average Bonchev–Trinajstić information content (AvgIpc) is 2.71. The zero-order valence-electron chi connectivity index (χ0n) is 17.7. The van der Waals surface area contributed by atoms with E-state index in [0.717, 1.165) is 24.4 Å². The Morgan fingerprint density at radius 1 is 1.03 bits per heavy atom. The van der Waals surface area contributed by atoms with Crippen molar-refractivity contribution >= 4 is 18.3 Å². The van der Waals surface area contributed by atoms with Crippen LogP contribution in [0.3, 0.4) is 0 Å². The van der Waals surface area contributed by atoms with Crippen LogP contribution in [-0.4, -0.2) is 37.0 Å². The first-order valence-electron chi connectivity index (χ1n) is 10.3. The maximum atomic E-state index is 12.4. The van der Waals surface area contributed by atoms with E-state index in [0.29, 0.717) is 6.54 Å². The van der Waals surface area contributed by atoms with Gasteiger partial charge in [-0.2, -0.15) is 0 Å². The fraction of sp³-hybridized carbons (Fsp3) is 0.458. The average molecular weight is 417 g/mol. The quantitative estimate of drug-likeness (QED) is 0.707. The third-order valence-electron chi connectivity index (χ3n) is 5.70. The van der Waals surface area contributed by atoms with Gasteiger partial charge in [0.15, 0.2) is 6.61 Å². The Hall–Kier alpha value is -2.04. The van der Waals surface area contributed by atoms with Crippen molar-refractivity contribution in [2.24, 2.45) is 0 Å². The van der Waals surface area contributed by atoms with Gasteiger partial charge >= 0.3 is 0 Å². The molecule has 0 aliphatic carbocycles. The van der Waals surface area contributed by atoms with Crippen LogP contribution in [0.25, 0.3) is 0 Å². The van der Waals surface area contributed by atoms with Gasteiger partial charge in [-0.15, -0.1) is 12.4 Å². The number of hydrogen-bond donors (Lipinski definition) is 1. The topological polar surface area (TPSA) is 41.6 Å². The lowest BCUT2D eigenvalue weighted by Gasteiger charge is -2.35. The lowest BCUT2D eigenvalue weighted by molar-refractivity contribution is -0.123. The molecule has 1 aliphatic rings. The minimum Gasteiger partial charge on any atom is -0.483 e. The smallest absolute Gasteiger partial charge is 0.258 e. The Labute approximate surface area is 181 Å². The van der Waals surface area contributed by atoms with Crippen LogP contribution in [0.1, 0.15) is 47.6 Å². The first-order valence-corrected chi connectivity index (χ1v) is 10.3. The molecule has 1 aliphatic heterocycles. The molecule has 0 bridgehead atoms. The van der Waals surface area contributed by atoms with Gasteiger partial charge in [0.05, 0.1) is 6.04 Å². The zero-order valence-corrected chi connectivity index (χ0v) is 18.6. The first kappa shape index (κ1) is 23.2. The Morgan fingerprint density at radius 3 is 2.41 bits per heavy atom. The van der Waals surface area contributed by atoms with Crippen LogP contribution >= 0.6 is 12.4 Å². The standard InChI is InChI=1S/C24H32N2O2.ClH/c1-18-10-12-21(13-11-18)22(26-14-5-4-6-15-26)16-25-24(27)17-28-23-9-7-8-19(2)20(23)3;/h7-13,22H,4-6,14-17H2,1-3H3,(H,25,27);1H. The van der Waals surface area contributed by atoms with E-state index in [4.69, 9.17) is 4.74 Å². The van der Waals surface area contributed by atoms with E-state index in [1.165, 1.54) is 36.0 Å². The van der Waals surface area contributed by atoms with Gasteiger partial charge in [0.2, 0.25) is 0 Å². The van der Waals surface area contributed by atoms with E-state index in [2.05, 4.69) is 41.4 Å². The normalized spacial score (nSPS) is 15.3. The van der Waals surface area contributed by atoms with Gasteiger partial charge in [-0.05, 0) is 69.5 Å². The van der Waals surface area contributed by atoms with E-state index in [-0.39, 0.29) is 31.0 Å². The van der Waals surface area contributed by atoms with E-state index in [1.54, 1.807) is 0 Å². The molecule has 1 atom stereocenters. The number of amides is 1. The Bertz CT molecular complexity index is 786. The molecule has 3 rings (SSSR count). The number of halogens is 1. The summed E-state index contributed by atoms with van der Waals surface area (Å²) in [7, 11) is 0. The third-order valence-corrected chi connectivity index (χ3v) is 5.70. The molecule has 1 N–H and O–H groups in total. The minimum atomic E-state index is -0.0740. The highest BCUT2D eigenvalue weighted by Crippen LogP contribution is 2.25. The second-order valence-electron chi connectivity index (χ2n) is 7.81. The molecule has 1 saturated heterocycles. The Balaban J connectivity index is 0.00000300. The molecule has 0 aromatic heterocycles. The summed E-state index contributed by atoms with van der Waals surface area (Å²) < 4.78 is 5.75. The minimum absolute atomic E-state index is 0. The summed E-state index contributed by atoms with van der Waals surface area (Å²) in [6.45, 7) is 9.01. The fourth-order valence-electron chi connectivity index (χ4n) is 3.76. The number of benzene rings is 2. The highest BCUT2D eigenvalue weighted by atomic mass is 35.5. The van der Waals surface area contributed by atoms with Crippen LogP contribution in [0.15, 0.2) is 42.5 Å². The van der Waals surface area contributed by atoms with Gasteiger partial charge in [-0.25, -0.2) is 0 Å². The summed E-state index contributed by atoms with van der Waals surface area (Å²) in [5.41, 5.74) is 4.78. The van der Waals surface area contributed by atoms with Crippen molar-refractivity contribution in [1.82, 2.24) is 10.2 Å². The number of hydrogen-bond acceptors (Lipinski definition) is 3. The molecule has 158 valence electrons. The number of aryl methyl sites for hydroxylation is 2. The van der Waals surface area contributed by atoms with Crippen molar-refractivity contribution in [1.29, 1.82) is 0 Å². The van der Waals surface area contributed by atoms with Gasteiger partial charge in [-0.3, -0.25) is 9.69 Å². The third kappa shape index (κ3) is 6.48. The van der Waals surface area contributed by atoms with Crippen molar-refractivity contribution in [3.63, 3.8) is 0 Å². The van der Waals surface area contributed by atoms with Gasteiger partial charge in [0.1, 0.15) is 5.75 Å². The van der Waals surface area contributed by atoms with Crippen LogP contribution in [0, 0.1) is 20.8 Å². The van der Waals surface area contributed by atoms with Gasteiger partial charge < -0.3 is 10.1 Å². The Kier molecular flexibility index (Phi) is 8.99. The largest absolute Gasteiger partial charge is 0.483 e. The molecule has 2 aromatic carbocycles. The van der Waals surface area contributed by atoms with Crippen LogP contribution in [0.5, 0.6) is 5.75 Å². The number of ether oxygens (including phenoxy) is 1. The van der Waals surface area contributed by atoms with Gasteiger partial charge in [0, 0.05) is 6.54 Å². The monoisotopic (exact) mass is 416 g/mol. The summed E-state index contributed by atoms with van der Waals surface area (Å²) in [6, 6.07) is 14.8. The molecular weight excluding hydrogens is 384 g/mol. The van der Waals surface area contributed by atoms with E-state index < -0.39 is 0 Å². The first-order chi connectivity index (χ1) is 13.5. The lowest BCUT2D eigenvalue weighted by atomic mass is 10.0. The molecule has 1 heterocycles. The molecule has 0 radical (unpaired) electrons. The molecule has 29 heavy (non-hydrogen) atoms. The lowest BCUT2D eigenvalue weighted by Crippen LogP contribution is -2.41. The van der Waals surface area contributed by atoms with Crippen molar-refractivity contribution in [3.8, 4) is 5.75 Å². The molecule has 5 heteroatoms. The predicted octanol–water partition coefficient (Wildman–Crippen LogP) is 4.76. The number of carbonyl (C=O) groups excluding carboxylic acids is 1. The SMILES string of the molecule is Cc1ccc(C(CNC(=O)COc2cccc(C)c2C)N2CCCCC2)cc1.Cl. The van der Waals surface area contributed by atoms with Crippen LogP contribution in [-0.2, 0) is 4.79 Å². The number of carbonyl (C=O) groups is 1. The molecule has 1 fully saturated rings. The zero-order chi connectivity index (χ0) is 19.9. The summed E-state index contributed by atoms with van der Waals surface area (Å²) in [6.07, 6.45) is 3.76. The van der Waals surface area contributed by atoms with Gasteiger partial charge in [-0.1, -0.05) is 48.4 Å². The van der Waals surface area contributed by atoms with E-state index in [1.807, 2.05) is 32.0 Å². The van der Waals surface area contributed by atoms with Crippen molar-refractivity contribution in [2.45, 2.75) is 46.1 Å². The molecule has 4 nitrogen and oxygen atoms in total. The maximum Gasteiger partial charge on any atom is 0.258 e. The molecule has 0 saturated carbocycles. The molecule has 1 unspecified atom stereocenters. The highest BCUT2D eigenvalue weighted by molar-refractivity contribution is 5.85. The number of nitrogens with one attached hydrogen (secondary N) is 1. The predicted molar refractivity (Wildman–Crippen MR) is 121 cm³/mol. The highest BCUT2D eigenvalue weighted by Gasteiger charge is 2.23. The molecule has 0 spiro atoms. The number of likely N-dealkylation sites (tertiary alicyclic amines) is 1. The second kappa shape index (κ2) is 11.2. The summed E-state index contributed by atoms with van der Waals surface area (Å²) in [5.74, 6) is 0.705. The van der Waals surface area contributed by atoms with E-state index >= 15 is 0 Å². The maximum absolute atomic E-state index is 12.4. The Morgan fingerprint density at radius 2 is 1.72 bits per heavy atom. The molecule has 1 amide bonds. The summed E-state index contributed by atoms with van der Waals surface area (Å²) >= 11 is 0. The fourth-order valence-corrected chi connectivity index (χ4v) is 3.76. The van der Waals surface area contributed by atoms with E-state index in [9.17, 15) is 4.79 Å². The number of rotatable bonds is 7. The molecular formula is C24H33ClN2O2. The second-order valence-corrected chi connectivity index (χ2v) is 7.81. The van der Waals surface area contributed by atoms with Crippen molar-refractivity contribution < 1.29 is 9.53 Å². The van der Waals surface area contributed by atoms with Gasteiger partial charge in [0.25, 0.3) is 5.91 Å². The van der Waals surface area contributed by atoms with Crippen LogP contribution < -0.4 is 10.1 Å². The molecule has 2 aromatic rings. The van der Waals surface area contributed by atoms with Crippen molar-refractivity contribution in [3.05, 3.63) is 64.7 Å². The number of nitrogens with zero attached hydrogens (tertiary/aromatic N) is 1. The summed E-state index contributed by atoms with van der Waals surface area (Å²) in [5, 5.41) is 3.09. The van der Waals surface area contributed by atoms with Crippen molar-refractivity contribution in [2.75, 3.05) is 26.2 Å². The summed E-state index contributed by atoms with van der Waals surface area (Å²) in [4.78, 5) is 14.9. The van der Waals surface area contributed by atoms with Crippen LogP contribution in [0.4, 0.5) is 0 Å². The number of piperidine rings is 1.